The van der Waals surface area contributed by atoms with Crippen LogP contribution in [0, 0.1) is 0 Å². The van der Waals surface area contributed by atoms with Gasteiger partial charge in [0.1, 0.15) is 0 Å². The molecule has 0 N–H and O–H groups in total. The molecule has 0 amide bonds. The van der Waals surface area contributed by atoms with Crippen LogP contribution < -0.4 is 9.47 Å². The van der Waals surface area contributed by atoms with E-state index in [2.05, 4.69) is 85.7 Å². The lowest BCUT2D eigenvalue weighted by atomic mass is 9.86. The van der Waals surface area contributed by atoms with Crippen LogP contribution in [0.3, 0.4) is 0 Å². The molecule has 0 saturated heterocycles. The molecule has 34 heavy (non-hydrogen) atoms. The average molecular weight is 452 g/mol. The number of hydrogen-bond acceptors (Lipinski definition) is 3. The number of fused-ring (bicyclic) bond motifs is 6. The lowest BCUT2D eigenvalue weighted by Gasteiger charge is -2.29. The lowest BCUT2D eigenvalue weighted by molar-refractivity contribution is 0.341. The molecule has 0 bridgehead atoms. The normalized spacial score (nSPS) is 16.5. The number of ether oxygens (including phenoxy) is 2. The van der Waals surface area contributed by atoms with Crippen LogP contribution >= 0.6 is 0 Å². The van der Waals surface area contributed by atoms with Gasteiger partial charge in [0.05, 0.1) is 20.3 Å². The minimum atomic E-state index is 0.361. The number of methoxy groups -OCH3 is 2. The molecule has 1 heterocycles. The van der Waals surface area contributed by atoms with Gasteiger partial charge in [0.2, 0.25) is 0 Å². The predicted molar refractivity (Wildman–Crippen MR) is 143 cm³/mol. The van der Waals surface area contributed by atoms with Gasteiger partial charge in [0.15, 0.2) is 11.5 Å². The van der Waals surface area contributed by atoms with Crippen LogP contribution in [0.4, 0.5) is 0 Å². The minimum absolute atomic E-state index is 0.361. The Morgan fingerprint density at radius 1 is 0.794 bits per heavy atom. The zero-order chi connectivity index (χ0) is 23.7. The number of rotatable bonds is 2. The highest BCUT2D eigenvalue weighted by molar-refractivity contribution is 6.08. The van der Waals surface area contributed by atoms with Gasteiger partial charge < -0.3 is 14.4 Å². The Bertz CT molecular complexity index is 1370. The van der Waals surface area contributed by atoms with Crippen LogP contribution in [-0.4, -0.2) is 26.2 Å². The van der Waals surface area contributed by atoms with Gasteiger partial charge in [-0.05, 0) is 101 Å². The quantitative estimate of drug-likeness (QED) is 0.294. The Hall–Kier alpha value is -3.46. The summed E-state index contributed by atoms with van der Waals surface area (Å²) in [6, 6.07) is 22.4. The highest BCUT2D eigenvalue weighted by Crippen LogP contribution is 2.37. The SMILES string of the molecule is COc1cc2c(cc1OC)C(C)N(C)C=C2.c1ccc2c(c1)ccc1c3c(ccc12)CCCC3. The Kier molecular flexibility index (Phi) is 6.19. The van der Waals surface area contributed by atoms with E-state index < -0.39 is 0 Å². The van der Waals surface area contributed by atoms with Crippen molar-refractivity contribution in [3.05, 3.63) is 89.1 Å². The van der Waals surface area contributed by atoms with Crippen LogP contribution in [-0.2, 0) is 12.8 Å². The van der Waals surface area contributed by atoms with Crippen molar-refractivity contribution in [1.82, 2.24) is 4.90 Å². The molecule has 3 heteroatoms. The molecule has 0 fully saturated rings. The molecule has 174 valence electrons. The van der Waals surface area contributed by atoms with Gasteiger partial charge in [-0.15, -0.1) is 0 Å². The van der Waals surface area contributed by atoms with Crippen molar-refractivity contribution < 1.29 is 9.47 Å². The van der Waals surface area contributed by atoms with E-state index >= 15 is 0 Å². The first-order valence-corrected chi connectivity index (χ1v) is 12.2. The van der Waals surface area contributed by atoms with Crippen molar-refractivity contribution in [2.45, 2.75) is 38.6 Å². The maximum absolute atomic E-state index is 5.32. The second-order valence-corrected chi connectivity index (χ2v) is 9.29. The monoisotopic (exact) mass is 451 g/mol. The molecule has 6 rings (SSSR count). The van der Waals surface area contributed by atoms with Crippen LogP contribution in [0.5, 0.6) is 11.5 Å². The maximum atomic E-state index is 5.32. The van der Waals surface area contributed by atoms with Crippen molar-refractivity contribution in [2.75, 3.05) is 21.3 Å². The third-order valence-corrected chi connectivity index (χ3v) is 7.40. The van der Waals surface area contributed by atoms with Crippen molar-refractivity contribution in [2.24, 2.45) is 0 Å². The third-order valence-electron chi connectivity index (χ3n) is 7.40. The first-order chi connectivity index (χ1) is 16.6. The smallest absolute Gasteiger partial charge is 0.161 e. The Morgan fingerprint density at radius 2 is 1.53 bits per heavy atom. The van der Waals surface area contributed by atoms with Crippen LogP contribution in [0.25, 0.3) is 27.6 Å². The second kappa shape index (κ2) is 9.42. The summed E-state index contributed by atoms with van der Waals surface area (Å²) in [5, 5.41) is 5.64. The Balaban J connectivity index is 0.000000143. The molecule has 0 aromatic heterocycles. The van der Waals surface area contributed by atoms with Crippen molar-refractivity contribution in [3.8, 4) is 11.5 Å². The van der Waals surface area contributed by atoms with Crippen molar-refractivity contribution >= 4 is 27.6 Å². The largest absolute Gasteiger partial charge is 0.493 e. The summed E-state index contributed by atoms with van der Waals surface area (Å²) in [5.74, 6) is 1.57. The van der Waals surface area contributed by atoms with Crippen molar-refractivity contribution in [3.63, 3.8) is 0 Å². The van der Waals surface area contributed by atoms with Crippen molar-refractivity contribution in [1.29, 1.82) is 0 Å². The number of benzene rings is 4. The molecule has 1 unspecified atom stereocenters. The molecular formula is C31H33NO2. The molecule has 1 atom stereocenters. The van der Waals surface area contributed by atoms with Gasteiger partial charge in [-0.2, -0.15) is 0 Å². The number of nitrogens with zero attached hydrogens (tertiary/aromatic N) is 1. The Labute approximate surface area is 202 Å². The van der Waals surface area contributed by atoms with Crippen LogP contribution in [0.15, 0.2) is 66.9 Å². The molecule has 4 aromatic carbocycles. The van der Waals surface area contributed by atoms with Gasteiger partial charge >= 0.3 is 0 Å². The second-order valence-electron chi connectivity index (χ2n) is 9.29. The van der Waals surface area contributed by atoms with Crippen LogP contribution in [0.2, 0.25) is 0 Å². The summed E-state index contributed by atoms with van der Waals surface area (Å²) in [6.45, 7) is 2.17. The summed E-state index contributed by atoms with van der Waals surface area (Å²) >= 11 is 0. The van der Waals surface area contributed by atoms with E-state index in [1.807, 2.05) is 6.07 Å². The van der Waals surface area contributed by atoms with Gasteiger partial charge in [0.25, 0.3) is 0 Å². The zero-order valence-electron chi connectivity index (χ0n) is 20.6. The summed E-state index contributed by atoms with van der Waals surface area (Å²) in [5.41, 5.74) is 5.64. The topological polar surface area (TPSA) is 21.7 Å². The fraction of sp³-hybridized carbons (Fsp3) is 0.290. The van der Waals surface area contributed by atoms with Gasteiger partial charge in [-0.3, -0.25) is 0 Å². The fourth-order valence-corrected chi connectivity index (χ4v) is 5.31. The number of hydrogen-bond donors (Lipinski definition) is 0. The summed E-state index contributed by atoms with van der Waals surface area (Å²) in [7, 11) is 5.39. The van der Waals surface area contributed by atoms with E-state index in [9.17, 15) is 0 Å². The lowest BCUT2D eigenvalue weighted by Crippen LogP contribution is -2.19. The molecule has 1 aliphatic carbocycles. The highest BCUT2D eigenvalue weighted by atomic mass is 16.5. The fourth-order valence-electron chi connectivity index (χ4n) is 5.31. The predicted octanol–water partition coefficient (Wildman–Crippen LogP) is 7.55. The first-order valence-electron chi connectivity index (χ1n) is 12.2. The molecule has 0 radical (unpaired) electrons. The number of aryl methyl sites for hydroxylation is 2. The van der Waals surface area contributed by atoms with E-state index in [1.54, 1.807) is 25.3 Å². The minimum Gasteiger partial charge on any atom is -0.493 e. The van der Waals surface area contributed by atoms with Gasteiger partial charge in [-0.1, -0.05) is 48.5 Å². The molecule has 1 aliphatic heterocycles. The van der Waals surface area contributed by atoms with E-state index in [-0.39, 0.29) is 0 Å². The van der Waals surface area contributed by atoms with E-state index in [0.717, 1.165) is 11.5 Å². The third kappa shape index (κ3) is 4.00. The standard InChI is InChI=1S/C18H16.C13H17NO2/c1-3-7-15-13(5-1)9-11-18-16-8-4-2-6-14(16)10-12-17(15)18;1-9-11-8-13(16-4)12(15-3)7-10(11)5-6-14(9)2/h1,3,5,7,9-12H,2,4,6,8H2;5-9H,1-4H3. The first kappa shape index (κ1) is 22.3. The summed E-state index contributed by atoms with van der Waals surface area (Å²) < 4.78 is 10.6. The highest BCUT2D eigenvalue weighted by Gasteiger charge is 2.19. The van der Waals surface area contributed by atoms with Gasteiger partial charge in [-0.25, -0.2) is 0 Å². The summed E-state index contributed by atoms with van der Waals surface area (Å²) in [4.78, 5) is 2.17. The molecule has 4 aromatic rings. The Morgan fingerprint density at radius 3 is 2.35 bits per heavy atom. The molecular weight excluding hydrogens is 418 g/mol. The zero-order valence-corrected chi connectivity index (χ0v) is 20.6. The molecule has 0 spiro atoms. The van der Waals surface area contributed by atoms with E-state index in [0.29, 0.717) is 6.04 Å². The van der Waals surface area contributed by atoms with Crippen LogP contribution in [0.1, 0.15) is 48.1 Å². The van der Waals surface area contributed by atoms with E-state index in [4.69, 9.17) is 9.47 Å². The average Bonchev–Trinajstić information content (AvgIpc) is 2.90. The maximum Gasteiger partial charge on any atom is 0.161 e. The molecule has 0 saturated carbocycles. The van der Waals surface area contributed by atoms with E-state index in [1.165, 1.54) is 58.4 Å². The molecule has 3 nitrogen and oxygen atoms in total. The summed E-state index contributed by atoms with van der Waals surface area (Å²) in [6.07, 6.45) is 9.39. The van der Waals surface area contributed by atoms with Gasteiger partial charge in [0, 0.05) is 7.05 Å². The molecule has 2 aliphatic rings.